The molecule has 0 amide bonds. The molecule has 0 saturated heterocycles. The van der Waals surface area contributed by atoms with E-state index in [4.69, 9.17) is 10.5 Å². The van der Waals surface area contributed by atoms with Gasteiger partial charge in [0.25, 0.3) is 0 Å². The van der Waals surface area contributed by atoms with Gasteiger partial charge >= 0.3 is 0 Å². The van der Waals surface area contributed by atoms with Crippen LogP contribution in [0.4, 0.5) is 5.82 Å². The quantitative estimate of drug-likeness (QED) is 0.796. The summed E-state index contributed by atoms with van der Waals surface area (Å²) in [6, 6.07) is 10.1. The normalized spacial score (nSPS) is 14.3. The number of fused-ring (bicyclic) bond motifs is 1. The van der Waals surface area contributed by atoms with Gasteiger partial charge in [0.05, 0.1) is 12.3 Å². The van der Waals surface area contributed by atoms with Crippen LogP contribution in [0.2, 0.25) is 0 Å². The average Bonchev–Trinajstić information content (AvgIpc) is 3.32. The van der Waals surface area contributed by atoms with Gasteiger partial charge in [0.2, 0.25) is 0 Å². The van der Waals surface area contributed by atoms with Crippen LogP contribution in [-0.4, -0.2) is 16.1 Å². The number of hydrogen-bond acceptors (Lipinski definition) is 4. The summed E-state index contributed by atoms with van der Waals surface area (Å²) < 4.78 is 5.94. The van der Waals surface area contributed by atoms with Crippen molar-refractivity contribution in [2.45, 2.75) is 18.9 Å². The standard InChI is InChI=1S/C17H15N3O/c18-17-15-9-12(2-1-11(15)5-8-20-17)14-6-7-19-10-16(14)21-13-3-4-13/h1-2,5-10,13H,3-4H2,(H2,18,20). The Morgan fingerprint density at radius 1 is 1.10 bits per heavy atom. The van der Waals surface area contributed by atoms with Crippen LogP contribution in [0.25, 0.3) is 21.9 Å². The summed E-state index contributed by atoms with van der Waals surface area (Å²) in [4.78, 5) is 8.33. The van der Waals surface area contributed by atoms with Gasteiger partial charge in [-0.25, -0.2) is 4.98 Å². The number of anilines is 1. The second kappa shape index (κ2) is 4.74. The second-order valence-electron chi connectivity index (χ2n) is 5.32. The summed E-state index contributed by atoms with van der Waals surface area (Å²) in [7, 11) is 0. The number of benzene rings is 1. The number of nitrogen functional groups attached to an aromatic ring is 1. The summed E-state index contributed by atoms with van der Waals surface area (Å²) in [6.45, 7) is 0. The number of nitrogens with zero attached hydrogens (tertiary/aromatic N) is 2. The summed E-state index contributed by atoms with van der Waals surface area (Å²) in [6.07, 6.45) is 7.90. The van der Waals surface area contributed by atoms with Gasteiger partial charge in [-0.05, 0) is 42.0 Å². The van der Waals surface area contributed by atoms with E-state index in [0.717, 1.165) is 40.5 Å². The van der Waals surface area contributed by atoms with Gasteiger partial charge in [-0.15, -0.1) is 0 Å². The maximum atomic E-state index is 5.98. The zero-order chi connectivity index (χ0) is 14.2. The third-order valence-electron chi connectivity index (χ3n) is 3.71. The molecule has 0 radical (unpaired) electrons. The maximum Gasteiger partial charge on any atom is 0.145 e. The van der Waals surface area contributed by atoms with Gasteiger partial charge in [-0.2, -0.15) is 0 Å². The first kappa shape index (κ1) is 12.1. The molecule has 0 spiro atoms. The van der Waals surface area contributed by atoms with E-state index in [0.29, 0.717) is 11.9 Å². The molecule has 1 saturated carbocycles. The first-order valence-electron chi connectivity index (χ1n) is 7.06. The predicted octanol–water partition coefficient (Wildman–Crippen LogP) is 3.42. The van der Waals surface area contributed by atoms with Crippen LogP contribution in [-0.2, 0) is 0 Å². The van der Waals surface area contributed by atoms with Crippen molar-refractivity contribution in [3.8, 4) is 16.9 Å². The highest BCUT2D eigenvalue weighted by molar-refractivity contribution is 5.94. The van der Waals surface area contributed by atoms with Crippen molar-refractivity contribution in [1.29, 1.82) is 0 Å². The van der Waals surface area contributed by atoms with Crippen LogP contribution in [0, 0.1) is 0 Å². The van der Waals surface area contributed by atoms with Crippen molar-refractivity contribution in [1.82, 2.24) is 9.97 Å². The molecule has 104 valence electrons. The molecule has 3 aromatic rings. The molecular weight excluding hydrogens is 262 g/mol. The summed E-state index contributed by atoms with van der Waals surface area (Å²) in [5.74, 6) is 1.38. The molecule has 0 aliphatic heterocycles. The molecule has 4 nitrogen and oxygen atoms in total. The molecule has 0 bridgehead atoms. The van der Waals surface area contributed by atoms with Crippen LogP contribution >= 0.6 is 0 Å². The number of nitrogens with two attached hydrogens (primary N) is 1. The first-order chi connectivity index (χ1) is 10.3. The summed E-state index contributed by atoms with van der Waals surface area (Å²) in [5.41, 5.74) is 8.09. The molecule has 2 aromatic heterocycles. The highest BCUT2D eigenvalue weighted by Gasteiger charge is 2.24. The highest BCUT2D eigenvalue weighted by atomic mass is 16.5. The SMILES string of the molecule is Nc1nccc2ccc(-c3ccncc3OC3CC3)cc12. The fraction of sp³-hybridized carbons (Fsp3) is 0.176. The molecule has 21 heavy (non-hydrogen) atoms. The molecule has 4 heteroatoms. The Bertz CT molecular complexity index is 812. The van der Waals surface area contributed by atoms with Gasteiger partial charge in [0.1, 0.15) is 11.6 Å². The largest absolute Gasteiger partial charge is 0.488 e. The molecule has 0 unspecified atom stereocenters. The average molecular weight is 277 g/mol. The number of hydrogen-bond donors (Lipinski definition) is 1. The Hall–Kier alpha value is -2.62. The van der Waals surface area contributed by atoms with Crippen molar-refractivity contribution in [3.05, 3.63) is 48.9 Å². The number of pyridine rings is 2. The Balaban J connectivity index is 1.84. The van der Waals surface area contributed by atoms with Gasteiger partial charge in [-0.3, -0.25) is 4.98 Å². The molecule has 2 heterocycles. The summed E-state index contributed by atoms with van der Waals surface area (Å²) in [5, 5.41) is 2.05. The van der Waals surface area contributed by atoms with E-state index in [1.54, 1.807) is 18.6 Å². The van der Waals surface area contributed by atoms with Gasteiger partial charge in [-0.1, -0.05) is 12.1 Å². The lowest BCUT2D eigenvalue weighted by Gasteiger charge is -2.11. The fourth-order valence-corrected chi connectivity index (χ4v) is 2.44. The lowest BCUT2D eigenvalue weighted by atomic mass is 10.0. The lowest BCUT2D eigenvalue weighted by molar-refractivity contribution is 0.303. The van der Waals surface area contributed by atoms with Crippen LogP contribution in [0.3, 0.4) is 0 Å². The third-order valence-corrected chi connectivity index (χ3v) is 3.71. The Morgan fingerprint density at radius 3 is 2.86 bits per heavy atom. The summed E-state index contributed by atoms with van der Waals surface area (Å²) >= 11 is 0. The van der Waals surface area contributed by atoms with Crippen LogP contribution in [0.5, 0.6) is 5.75 Å². The van der Waals surface area contributed by atoms with Crippen LogP contribution < -0.4 is 10.5 Å². The van der Waals surface area contributed by atoms with Crippen molar-refractivity contribution in [2.24, 2.45) is 0 Å². The molecule has 0 atom stereocenters. The number of aromatic nitrogens is 2. The zero-order valence-electron chi connectivity index (χ0n) is 11.5. The Labute approximate surface area is 122 Å². The van der Waals surface area contributed by atoms with Gasteiger partial charge in [0.15, 0.2) is 0 Å². The van der Waals surface area contributed by atoms with E-state index < -0.39 is 0 Å². The zero-order valence-corrected chi connectivity index (χ0v) is 11.5. The number of rotatable bonds is 3. The minimum Gasteiger partial charge on any atom is -0.488 e. The van der Waals surface area contributed by atoms with Crippen LogP contribution in [0.15, 0.2) is 48.9 Å². The lowest BCUT2D eigenvalue weighted by Crippen LogP contribution is -1.98. The molecule has 1 aliphatic carbocycles. The third kappa shape index (κ3) is 2.29. The van der Waals surface area contributed by atoms with Crippen LogP contribution in [0.1, 0.15) is 12.8 Å². The van der Waals surface area contributed by atoms with Gasteiger partial charge < -0.3 is 10.5 Å². The van der Waals surface area contributed by atoms with E-state index >= 15 is 0 Å². The topological polar surface area (TPSA) is 61.0 Å². The Morgan fingerprint density at radius 2 is 2.00 bits per heavy atom. The van der Waals surface area contributed by atoms with Crippen molar-refractivity contribution in [3.63, 3.8) is 0 Å². The molecule has 1 aromatic carbocycles. The van der Waals surface area contributed by atoms with E-state index in [-0.39, 0.29) is 0 Å². The molecule has 1 fully saturated rings. The fourth-order valence-electron chi connectivity index (χ4n) is 2.44. The second-order valence-corrected chi connectivity index (χ2v) is 5.32. The monoisotopic (exact) mass is 277 g/mol. The van der Waals surface area contributed by atoms with Gasteiger partial charge in [0, 0.05) is 23.3 Å². The molecular formula is C17H15N3O. The smallest absolute Gasteiger partial charge is 0.145 e. The highest BCUT2D eigenvalue weighted by Crippen LogP contribution is 2.35. The van der Waals surface area contributed by atoms with E-state index in [2.05, 4.69) is 28.2 Å². The van der Waals surface area contributed by atoms with Crippen molar-refractivity contribution in [2.75, 3.05) is 5.73 Å². The number of ether oxygens (including phenoxy) is 1. The minimum absolute atomic E-state index is 0.347. The molecule has 1 aliphatic rings. The van der Waals surface area contributed by atoms with E-state index in [1.165, 1.54) is 0 Å². The van der Waals surface area contributed by atoms with E-state index in [1.807, 2.05) is 12.1 Å². The minimum atomic E-state index is 0.347. The first-order valence-corrected chi connectivity index (χ1v) is 7.06. The molecule has 4 rings (SSSR count). The van der Waals surface area contributed by atoms with E-state index in [9.17, 15) is 0 Å². The van der Waals surface area contributed by atoms with Crippen molar-refractivity contribution < 1.29 is 4.74 Å². The maximum absolute atomic E-state index is 5.98. The Kier molecular flexibility index (Phi) is 2.74. The molecule has 2 N–H and O–H groups in total. The van der Waals surface area contributed by atoms with Crippen molar-refractivity contribution >= 4 is 16.6 Å². The predicted molar refractivity (Wildman–Crippen MR) is 83.0 cm³/mol.